The number of carboxylic acid groups (broad SMARTS) is 1. The first-order valence-electron chi connectivity index (χ1n) is 1.49. The van der Waals surface area contributed by atoms with Gasteiger partial charge in [0.25, 0.3) is 6.47 Å². The van der Waals surface area contributed by atoms with Crippen molar-refractivity contribution in [2.45, 2.75) is 13.8 Å². The molecule has 51 valence electrons. The Morgan fingerprint density at radius 2 is 1.25 bits per heavy atom. The molecule has 0 atom stereocenters. The fourth-order valence-corrected chi connectivity index (χ4v) is 0. The zero-order valence-corrected chi connectivity index (χ0v) is 8.85. The molecular formula is C5H14O2Y-2. The molecule has 2 nitrogen and oxygen atoms in total. The van der Waals surface area contributed by atoms with Gasteiger partial charge in [0, 0.05) is 32.7 Å². The first-order valence-corrected chi connectivity index (χ1v) is 1.49. The van der Waals surface area contributed by atoms with E-state index in [0.717, 1.165) is 0 Å². The molecule has 1 radical (unpaired) electrons. The maximum atomic E-state index is 8.36. The minimum absolute atomic E-state index is 0. The average molecular weight is 195 g/mol. The number of carbonyl (C=O) groups is 1. The van der Waals surface area contributed by atoms with Gasteiger partial charge in [-0.25, -0.2) is 0 Å². The zero-order valence-electron chi connectivity index (χ0n) is 6.01. The second kappa shape index (κ2) is 132. The van der Waals surface area contributed by atoms with E-state index in [4.69, 9.17) is 9.90 Å². The summed E-state index contributed by atoms with van der Waals surface area (Å²) in [5, 5.41) is 6.89. The third kappa shape index (κ3) is 620. The van der Waals surface area contributed by atoms with Crippen LogP contribution in [0.4, 0.5) is 0 Å². The number of hydrogen-bond donors (Lipinski definition) is 1. The van der Waals surface area contributed by atoms with E-state index in [1.54, 1.807) is 0 Å². The molecule has 0 saturated carbocycles. The maximum absolute atomic E-state index is 8.36. The average Bonchev–Trinajstić information content (AvgIpc) is 1.46. The van der Waals surface area contributed by atoms with Crippen molar-refractivity contribution in [1.82, 2.24) is 0 Å². The van der Waals surface area contributed by atoms with Gasteiger partial charge in [-0.3, -0.25) is 4.79 Å². The van der Waals surface area contributed by atoms with E-state index in [2.05, 4.69) is 0 Å². The van der Waals surface area contributed by atoms with E-state index in [1.165, 1.54) is 0 Å². The minimum atomic E-state index is -0.250. The van der Waals surface area contributed by atoms with Gasteiger partial charge < -0.3 is 20.0 Å². The SMILES string of the molecule is CC.O=CO.[CH3-].[CH3-].[Y]. The fraction of sp³-hybridized carbons (Fsp3) is 0.400. The van der Waals surface area contributed by atoms with Gasteiger partial charge in [0.1, 0.15) is 0 Å². The van der Waals surface area contributed by atoms with Gasteiger partial charge in [-0.15, -0.1) is 0 Å². The Morgan fingerprint density at radius 3 is 1.25 bits per heavy atom. The van der Waals surface area contributed by atoms with Crippen LogP contribution in [0.2, 0.25) is 0 Å². The molecule has 0 aromatic heterocycles. The van der Waals surface area contributed by atoms with Crippen molar-refractivity contribution in [3.63, 3.8) is 0 Å². The summed E-state index contributed by atoms with van der Waals surface area (Å²) in [5.74, 6) is 0. The van der Waals surface area contributed by atoms with Gasteiger partial charge in [-0.05, 0) is 0 Å². The first-order chi connectivity index (χ1) is 2.41. The van der Waals surface area contributed by atoms with Gasteiger partial charge >= 0.3 is 0 Å². The molecule has 0 aromatic rings. The monoisotopic (exact) mass is 195 g/mol. The standard InChI is InChI=1S/C2H6.CH2O2.2CH3.Y/c1-2;2-1-3;;;/h1-2H3;1H,(H,2,3);2*1H3;/q;;2*-1;. The summed E-state index contributed by atoms with van der Waals surface area (Å²) < 4.78 is 0. The Morgan fingerprint density at radius 1 is 1.25 bits per heavy atom. The molecule has 0 bridgehead atoms. The van der Waals surface area contributed by atoms with Crippen LogP contribution in [0.15, 0.2) is 0 Å². The molecule has 0 unspecified atom stereocenters. The summed E-state index contributed by atoms with van der Waals surface area (Å²) in [4.78, 5) is 8.36. The van der Waals surface area contributed by atoms with Gasteiger partial charge in [0.2, 0.25) is 0 Å². The van der Waals surface area contributed by atoms with Crippen LogP contribution >= 0.6 is 0 Å². The summed E-state index contributed by atoms with van der Waals surface area (Å²) >= 11 is 0. The third-order valence-corrected chi connectivity index (χ3v) is 0. The van der Waals surface area contributed by atoms with Gasteiger partial charge in [0.15, 0.2) is 0 Å². The summed E-state index contributed by atoms with van der Waals surface area (Å²) in [6.07, 6.45) is 0. The van der Waals surface area contributed by atoms with Crippen molar-refractivity contribution >= 4 is 6.47 Å². The van der Waals surface area contributed by atoms with Gasteiger partial charge in [-0.1, -0.05) is 13.8 Å². The second-order valence-corrected chi connectivity index (χ2v) is 0.105. The molecular weight excluding hydrogens is 181 g/mol. The largest absolute Gasteiger partial charge is 0.483 e. The van der Waals surface area contributed by atoms with E-state index in [0.29, 0.717) is 0 Å². The van der Waals surface area contributed by atoms with E-state index in [-0.39, 0.29) is 54.0 Å². The minimum Gasteiger partial charge on any atom is -0.483 e. The Kier molecular flexibility index (Phi) is 636. The van der Waals surface area contributed by atoms with E-state index >= 15 is 0 Å². The number of rotatable bonds is 0. The molecule has 0 aliphatic heterocycles. The van der Waals surface area contributed by atoms with Crippen molar-refractivity contribution in [2.24, 2.45) is 0 Å². The Balaban J connectivity index is -0.00000000567. The Bertz CT molecular complexity index is 17.9. The summed E-state index contributed by atoms with van der Waals surface area (Å²) in [6.45, 7) is 3.75. The van der Waals surface area contributed by atoms with Crippen molar-refractivity contribution in [1.29, 1.82) is 0 Å². The molecule has 0 aliphatic carbocycles. The van der Waals surface area contributed by atoms with Crippen LogP contribution in [-0.4, -0.2) is 11.6 Å². The van der Waals surface area contributed by atoms with Crippen LogP contribution in [0, 0.1) is 14.9 Å². The van der Waals surface area contributed by atoms with E-state index in [9.17, 15) is 0 Å². The van der Waals surface area contributed by atoms with E-state index < -0.39 is 0 Å². The van der Waals surface area contributed by atoms with Crippen molar-refractivity contribution in [2.75, 3.05) is 0 Å². The Hall–Kier alpha value is 0.574. The molecule has 0 amide bonds. The molecule has 0 aliphatic rings. The predicted molar refractivity (Wildman–Crippen MR) is 32.9 cm³/mol. The van der Waals surface area contributed by atoms with Crippen molar-refractivity contribution in [3.8, 4) is 0 Å². The smallest absolute Gasteiger partial charge is 0.290 e. The third-order valence-electron chi connectivity index (χ3n) is 0. The van der Waals surface area contributed by atoms with Crippen LogP contribution in [0.1, 0.15) is 13.8 Å². The molecule has 0 fully saturated rings. The van der Waals surface area contributed by atoms with Crippen LogP contribution in [0.25, 0.3) is 0 Å². The predicted octanol–water partition coefficient (Wildman–Crippen LogP) is 1.63. The normalized spacial score (nSPS) is 2.25. The molecule has 0 saturated heterocycles. The molecule has 3 heteroatoms. The van der Waals surface area contributed by atoms with Crippen LogP contribution < -0.4 is 0 Å². The summed E-state index contributed by atoms with van der Waals surface area (Å²) in [7, 11) is 0. The van der Waals surface area contributed by atoms with E-state index in [1.807, 2.05) is 13.8 Å². The molecule has 0 aromatic carbocycles. The quantitative estimate of drug-likeness (QED) is 0.471. The topological polar surface area (TPSA) is 37.3 Å². The first kappa shape index (κ1) is 38.5. The zero-order chi connectivity index (χ0) is 4.71. The van der Waals surface area contributed by atoms with Crippen LogP contribution in [-0.2, 0) is 37.5 Å². The summed E-state index contributed by atoms with van der Waals surface area (Å²) in [6, 6.07) is 0. The number of hydrogen-bond acceptors (Lipinski definition) is 1. The van der Waals surface area contributed by atoms with Crippen molar-refractivity contribution < 1.29 is 42.6 Å². The molecule has 0 rings (SSSR count). The molecule has 0 heterocycles. The fourth-order valence-electron chi connectivity index (χ4n) is 0. The molecule has 8 heavy (non-hydrogen) atoms. The van der Waals surface area contributed by atoms with Crippen LogP contribution in [0.5, 0.6) is 0 Å². The van der Waals surface area contributed by atoms with Crippen molar-refractivity contribution in [3.05, 3.63) is 14.9 Å². The van der Waals surface area contributed by atoms with Crippen LogP contribution in [0.3, 0.4) is 0 Å². The molecule has 0 spiro atoms. The Labute approximate surface area is 77.6 Å². The molecule has 1 N–H and O–H groups in total. The maximum Gasteiger partial charge on any atom is 0.290 e. The van der Waals surface area contributed by atoms with Gasteiger partial charge in [0.05, 0.1) is 0 Å². The van der Waals surface area contributed by atoms with Gasteiger partial charge in [-0.2, -0.15) is 0 Å². The summed E-state index contributed by atoms with van der Waals surface area (Å²) in [5.41, 5.74) is 0. The second-order valence-electron chi connectivity index (χ2n) is 0.105.